The molecule has 0 radical (unpaired) electrons. The highest BCUT2D eigenvalue weighted by Gasteiger charge is 2.24. The lowest BCUT2D eigenvalue weighted by Gasteiger charge is -2.11. The van der Waals surface area contributed by atoms with Crippen LogP contribution in [0.3, 0.4) is 0 Å². The van der Waals surface area contributed by atoms with Crippen molar-refractivity contribution < 1.29 is 9.47 Å². The van der Waals surface area contributed by atoms with Gasteiger partial charge in [-0.2, -0.15) is 0 Å². The molecular weight excluding hydrogens is 202 g/mol. The highest BCUT2D eigenvalue weighted by molar-refractivity contribution is 4.82. The molecule has 1 N–H and O–H groups in total. The number of hydrogen-bond acceptors (Lipinski definition) is 3. The van der Waals surface area contributed by atoms with Crippen LogP contribution < -0.4 is 5.32 Å². The molecule has 3 nitrogen and oxygen atoms in total. The van der Waals surface area contributed by atoms with Gasteiger partial charge in [0.15, 0.2) is 0 Å². The van der Waals surface area contributed by atoms with Crippen molar-refractivity contribution in [2.75, 3.05) is 26.4 Å². The third-order valence-corrected chi connectivity index (χ3v) is 2.99. The van der Waals surface area contributed by atoms with Crippen LogP contribution >= 0.6 is 0 Å². The fourth-order valence-electron chi connectivity index (χ4n) is 1.90. The zero-order valence-corrected chi connectivity index (χ0v) is 10.8. The van der Waals surface area contributed by atoms with Crippen molar-refractivity contribution in [3.63, 3.8) is 0 Å². The quantitative estimate of drug-likeness (QED) is 0.616. The highest BCUT2D eigenvalue weighted by atomic mass is 16.5. The third kappa shape index (κ3) is 5.83. The maximum Gasteiger partial charge on any atom is 0.0715 e. The Labute approximate surface area is 99.9 Å². The van der Waals surface area contributed by atoms with Crippen molar-refractivity contribution >= 4 is 0 Å². The summed E-state index contributed by atoms with van der Waals surface area (Å²) in [6, 6.07) is 0.503. The lowest BCUT2D eigenvalue weighted by molar-refractivity contribution is 0.0579. The minimum atomic E-state index is 0.409. The molecule has 1 rings (SSSR count). The lowest BCUT2D eigenvalue weighted by Crippen LogP contribution is -2.26. The first kappa shape index (κ1) is 13.9. The molecule has 0 aromatic carbocycles. The van der Waals surface area contributed by atoms with Gasteiger partial charge in [-0.15, -0.1) is 0 Å². The van der Waals surface area contributed by atoms with Crippen molar-refractivity contribution in [3.8, 4) is 0 Å². The summed E-state index contributed by atoms with van der Waals surface area (Å²) in [6.07, 6.45) is 6.28. The van der Waals surface area contributed by atoms with Crippen molar-refractivity contribution in [3.05, 3.63) is 0 Å². The standard InChI is InChI=1S/C13H27NO2/c1-3-5-7-15-11-12-9-13(10-14-12)16-8-6-4-2/h12-14H,3-11H2,1-2H3/t12-,13-/m0/s1. The van der Waals surface area contributed by atoms with Crippen molar-refractivity contribution in [1.82, 2.24) is 5.32 Å². The zero-order valence-electron chi connectivity index (χ0n) is 10.8. The fraction of sp³-hybridized carbons (Fsp3) is 1.00. The van der Waals surface area contributed by atoms with E-state index in [1.165, 1.54) is 25.7 Å². The average molecular weight is 229 g/mol. The topological polar surface area (TPSA) is 30.5 Å². The number of hydrogen-bond donors (Lipinski definition) is 1. The normalized spacial score (nSPS) is 25.1. The summed E-state index contributed by atoms with van der Waals surface area (Å²) in [7, 11) is 0. The summed E-state index contributed by atoms with van der Waals surface area (Å²) in [6.45, 7) is 8.02. The van der Waals surface area contributed by atoms with Crippen molar-refractivity contribution in [1.29, 1.82) is 0 Å². The molecule has 2 atom stereocenters. The molecular formula is C13H27NO2. The SMILES string of the molecule is CCCCOC[C@@H]1C[C@H](OCCCC)CN1. The summed E-state index contributed by atoms with van der Waals surface area (Å²) in [4.78, 5) is 0. The van der Waals surface area contributed by atoms with Crippen LogP contribution in [0.1, 0.15) is 46.0 Å². The average Bonchev–Trinajstić information content (AvgIpc) is 2.73. The van der Waals surface area contributed by atoms with E-state index in [1.807, 2.05) is 0 Å². The van der Waals surface area contributed by atoms with E-state index >= 15 is 0 Å². The summed E-state index contributed by atoms with van der Waals surface area (Å²) in [5, 5.41) is 3.46. The molecule has 0 amide bonds. The van der Waals surface area contributed by atoms with E-state index in [1.54, 1.807) is 0 Å². The van der Waals surface area contributed by atoms with Crippen LogP contribution in [0.5, 0.6) is 0 Å². The maximum absolute atomic E-state index is 5.78. The van der Waals surface area contributed by atoms with E-state index in [0.29, 0.717) is 12.1 Å². The Kier molecular flexibility index (Phi) is 7.81. The molecule has 0 aromatic heterocycles. The Morgan fingerprint density at radius 1 is 1.12 bits per heavy atom. The fourth-order valence-corrected chi connectivity index (χ4v) is 1.90. The second-order valence-corrected chi connectivity index (χ2v) is 4.62. The molecule has 0 aliphatic carbocycles. The summed E-state index contributed by atoms with van der Waals surface area (Å²) in [5.41, 5.74) is 0. The van der Waals surface area contributed by atoms with Gasteiger partial charge in [-0.05, 0) is 19.3 Å². The van der Waals surface area contributed by atoms with Crippen molar-refractivity contribution in [2.24, 2.45) is 0 Å². The summed E-state index contributed by atoms with van der Waals surface area (Å²) < 4.78 is 11.4. The Morgan fingerprint density at radius 3 is 2.62 bits per heavy atom. The van der Waals surface area contributed by atoms with Crippen LogP contribution in [-0.2, 0) is 9.47 Å². The highest BCUT2D eigenvalue weighted by Crippen LogP contribution is 2.11. The van der Waals surface area contributed by atoms with E-state index in [4.69, 9.17) is 9.47 Å². The van der Waals surface area contributed by atoms with Gasteiger partial charge in [0.1, 0.15) is 0 Å². The largest absolute Gasteiger partial charge is 0.380 e. The predicted molar refractivity (Wildman–Crippen MR) is 66.8 cm³/mol. The van der Waals surface area contributed by atoms with E-state index in [-0.39, 0.29) is 0 Å². The Morgan fingerprint density at radius 2 is 1.88 bits per heavy atom. The minimum Gasteiger partial charge on any atom is -0.380 e. The number of ether oxygens (including phenoxy) is 2. The second kappa shape index (κ2) is 8.97. The molecule has 96 valence electrons. The Bertz CT molecular complexity index is 164. The number of nitrogens with one attached hydrogen (secondary N) is 1. The zero-order chi connectivity index (χ0) is 11.6. The number of rotatable bonds is 9. The van der Waals surface area contributed by atoms with Gasteiger partial charge in [0.25, 0.3) is 0 Å². The molecule has 0 saturated carbocycles. The molecule has 16 heavy (non-hydrogen) atoms. The maximum atomic E-state index is 5.78. The van der Waals surface area contributed by atoms with Crippen molar-refractivity contribution in [2.45, 2.75) is 58.1 Å². The van der Waals surface area contributed by atoms with Gasteiger partial charge in [0, 0.05) is 25.8 Å². The smallest absolute Gasteiger partial charge is 0.0715 e. The van der Waals surface area contributed by atoms with E-state index < -0.39 is 0 Å². The monoisotopic (exact) mass is 229 g/mol. The van der Waals surface area contributed by atoms with E-state index in [0.717, 1.165) is 32.8 Å². The molecule has 0 spiro atoms. The van der Waals surface area contributed by atoms with Gasteiger partial charge in [-0.1, -0.05) is 26.7 Å². The summed E-state index contributed by atoms with van der Waals surface area (Å²) >= 11 is 0. The second-order valence-electron chi connectivity index (χ2n) is 4.62. The molecule has 3 heteroatoms. The molecule has 1 aliphatic rings. The molecule has 1 aliphatic heterocycles. The molecule has 0 aromatic rings. The first-order valence-electron chi connectivity index (χ1n) is 6.79. The van der Waals surface area contributed by atoms with Crippen LogP contribution in [0.2, 0.25) is 0 Å². The molecule has 0 unspecified atom stereocenters. The van der Waals surface area contributed by atoms with E-state index in [9.17, 15) is 0 Å². The van der Waals surface area contributed by atoms with Gasteiger partial charge >= 0.3 is 0 Å². The molecule has 0 bridgehead atoms. The summed E-state index contributed by atoms with van der Waals surface area (Å²) in [5.74, 6) is 0. The lowest BCUT2D eigenvalue weighted by atomic mass is 10.2. The van der Waals surface area contributed by atoms with Crippen LogP contribution in [0, 0.1) is 0 Å². The van der Waals surface area contributed by atoms with Gasteiger partial charge in [0.05, 0.1) is 12.7 Å². The van der Waals surface area contributed by atoms with Crippen LogP contribution in [0.15, 0.2) is 0 Å². The van der Waals surface area contributed by atoms with Gasteiger partial charge < -0.3 is 14.8 Å². The molecule has 1 saturated heterocycles. The van der Waals surface area contributed by atoms with Gasteiger partial charge in [-0.3, -0.25) is 0 Å². The van der Waals surface area contributed by atoms with Crippen LogP contribution in [0.25, 0.3) is 0 Å². The third-order valence-electron chi connectivity index (χ3n) is 2.99. The van der Waals surface area contributed by atoms with E-state index in [2.05, 4.69) is 19.2 Å². The molecule has 1 fully saturated rings. The van der Waals surface area contributed by atoms with Crippen LogP contribution in [0.4, 0.5) is 0 Å². The minimum absolute atomic E-state index is 0.409. The van der Waals surface area contributed by atoms with Gasteiger partial charge in [0.2, 0.25) is 0 Å². The van der Waals surface area contributed by atoms with Gasteiger partial charge in [-0.25, -0.2) is 0 Å². The van der Waals surface area contributed by atoms with Crippen LogP contribution in [-0.4, -0.2) is 38.5 Å². The first-order chi connectivity index (χ1) is 7.86. The first-order valence-corrected chi connectivity index (χ1v) is 6.79. The predicted octanol–water partition coefficient (Wildman–Crippen LogP) is 2.35. The Balaban J connectivity index is 1.97. The number of unbranched alkanes of at least 4 members (excludes halogenated alkanes) is 2. The Hall–Kier alpha value is -0.120. The molecule has 1 heterocycles.